The number of imidazole rings is 1. The van der Waals surface area contributed by atoms with Gasteiger partial charge in [0.05, 0.1) is 7.11 Å². The van der Waals surface area contributed by atoms with E-state index in [1.54, 1.807) is 0 Å². The van der Waals surface area contributed by atoms with E-state index < -0.39 is 5.97 Å². The first-order valence-electron chi connectivity index (χ1n) is 4.80. The van der Waals surface area contributed by atoms with Crippen molar-refractivity contribution < 1.29 is 13.9 Å². The number of hydrogen-bond donors (Lipinski definition) is 1. The van der Waals surface area contributed by atoms with Crippen molar-refractivity contribution in [2.24, 2.45) is 0 Å². The molecular weight excluding hydrogens is 225 g/mol. The minimum absolute atomic E-state index is 0.0387. The molecular formula is C11H10FN3O2. The molecule has 0 spiro atoms. The lowest BCUT2D eigenvalue weighted by molar-refractivity contribution is 0.0596. The SMILES string of the molecule is COC(=O)c1ncn(-c2ccc(F)cc2)c1N. The molecule has 0 atom stereocenters. The Labute approximate surface area is 96.6 Å². The third-order valence-electron chi connectivity index (χ3n) is 2.29. The minimum atomic E-state index is -0.608. The van der Waals surface area contributed by atoms with E-state index in [4.69, 9.17) is 5.73 Å². The molecule has 1 aromatic heterocycles. The Hall–Kier alpha value is -2.37. The molecule has 2 rings (SSSR count). The fourth-order valence-electron chi connectivity index (χ4n) is 1.42. The average molecular weight is 235 g/mol. The van der Waals surface area contributed by atoms with Crippen LogP contribution in [0, 0.1) is 5.82 Å². The molecule has 17 heavy (non-hydrogen) atoms. The zero-order chi connectivity index (χ0) is 12.4. The highest BCUT2D eigenvalue weighted by atomic mass is 19.1. The summed E-state index contributed by atoms with van der Waals surface area (Å²) in [6, 6.07) is 5.67. The largest absolute Gasteiger partial charge is 0.464 e. The number of esters is 1. The Morgan fingerprint density at radius 1 is 1.41 bits per heavy atom. The van der Waals surface area contributed by atoms with E-state index in [0.29, 0.717) is 5.69 Å². The van der Waals surface area contributed by atoms with Gasteiger partial charge in [-0.15, -0.1) is 0 Å². The summed E-state index contributed by atoms with van der Waals surface area (Å²) in [5.41, 5.74) is 6.41. The molecule has 1 aromatic carbocycles. The molecule has 0 amide bonds. The van der Waals surface area contributed by atoms with Gasteiger partial charge < -0.3 is 10.5 Å². The Kier molecular flexibility index (Phi) is 2.78. The number of aromatic nitrogens is 2. The third-order valence-corrected chi connectivity index (χ3v) is 2.29. The molecule has 2 aromatic rings. The first kappa shape index (κ1) is 11.1. The highest BCUT2D eigenvalue weighted by Gasteiger charge is 2.16. The van der Waals surface area contributed by atoms with E-state index in [2.05, 4.69) is 9.72 Å². The Morgan fingerprint density at radius 2 is 2.06 bits per heavy atom. The highest BCUT2D eigenvalue weighted by Crippen LogP contribution is 2.17. The van der Waals surface area contributed by atoms with Gasteiger partial charge >= 0.3 is 5.97 Å². The minimum Gasteiger partial charge on any atom is -0.464 e. The number of methoxy groups -OCH3 is 1. The molecule has 0 aliphatic carbocycles. The standard InChI is InChI=1S/C11H10FN3O2/c1-17-11(16)9-10(13)15(6-14-9)8-4-2-7(12)3-5-8/h2-6H,13H2,1H3. The molecule has 0 radical (unpaired) electrons. The summed E-state index contributed by atoms with van der Waals surface area (Å²) < 4.78 is 18.8. The Bertz CT molecular complexity index is 548. The van der Waals surface area contributed by atoms with Crippen LogP contribution in [0.4, 0.5) is 10.2 Å². The van der Waals surface area contributed by atoms with Crippen LogP contribution in [-0.2, 0) is 4.74 Å². The lowest BCUT2D eigenvalue weighted by Crippen LogP contribution is -2.07. The van der Waals surface area contributed by atoms with Crippen LogP contribution in [-0.4, -0.2) is 22.6 Å². The molecule has 1 heterocycles. The topological polar surface area (TPSA) is 70.1 Å². The first-order valence-corrected chi connectivity index (χ1v) is 4.80. The van der Waals surface area contributed by atoms with Gasteiger partial charge in [-0.1, -0.05) is 0 Å². The van der Waals surface area contributed by atoms with Crippen molar-refractivity contribution in [2.45, 2.75) is 0 Å². The maximum Gasteiger partial charge on any atom is 0.360 e. The zero-order valence-electron chi connectivity index (χ0n) is 9.05. The number of carbonyl (C=O) groups is 1. The summed E-state index contributed by atoms with van der Waals surface area (Å²) >= 11 is 0. The summed E-state index contributed by atoms with van der Waals surface area (Å²) in [6.07, 6.45) is 1.38. The van der Waals surface area contributed by atoms with Crippen molar-refractivity contribution in [3.8, 4) is 5.69 Å². The van der Waals surface area contributed by atoms with Crippen LogP contribution < -0.4 is 5.73 Å². The average Bonchev–Trinajstić information content (AvgIpc) is 2.71. The molecule has 6 heteroatoms. The summed E-state index contributed by atoms with van der Waals surface area (Å²) in [4.78, 5) is 15.1. The fourth-order valence-corrected chi connectivity index (χ4v) is 1.42. The maximum absolute atomic E-state index is 12.8. The number of hydrogen-bond acceptors (Lipinski definition) is 4. The molecule has 0 unspecified atom stereocenters. The van der Waals surface area contributed by atoms with Crippen LogP contribution in [0.2, 0.25) is 0 Å². The van der Waals surface area contributed by atoms with E-state index in [0.717, 1.165) is 0 Å². The van der Waals surface area contributed by atoms with Gasteiger partial charge in [-0.25, -0.2) is 14.2 Å². The van der Waals surface area contributed by atoms with Gasteiger partial charge in [-0.3, -0.25) is 4.57 Å². The lowest BCUT2D eigenvalue weighted by atomic mass is 10.3. The van der Waals surface area contributed by atoms with Crippen LogP contribution in [0.3, 0.4) is 0 Å². The van der Waals surface area contributed by atoms with E-state index in [1.165, 1.54) is 42.3 Å². The second kappa shape index (κ2) is 4.25. The summed E-state index contributed by atoms with van der Waals surface area (Å²) in [6.45, 7) is 0. The van der Waals surface area contributed by atoms with E-state index in [-0.39, 0.29) is 17.3 Å². The summed E-state index contributed by atoms with van der Waals surface area (Å²) in [5.74, 6) is -0.799. The maximum atomic E-state index is 12.8. The molecule has 0 aliphatic rings. The number of halogens is 1. The molecule has 0 aliphatic heterocycles. The highest BCUT2D eigenvalue weighted by molar-refractivity contribution is 5.92. The predicted molar refractivity (Wildman–Crippen MR) is 59.3 cm³/mol. The van der Waals surface area contributed by atoms with E-state index in [1.807, 2.05) is 0 Å². The van der Waals surface area contributed by atoms with Gasteiger partial charge in [-0.05, 0) is 24.3 Å². The molecule has 2 N–H and O–H groups in total. The number of carbonyl (C=O) groups excluding carboxylic acids is 1. The number of anilines is 1. The van der Waals surface area contributed by atoms with Gasteiger partial charge in [0.1, 0.15) is 18.0 Å². The number of nitrogen functional groups attached to an aromatic ring is 1. The molecule has 0 saturated carbocycles. The van der Waals surface area contributed by atoms with Gasteiger partial charge in [0.15, 0.2) is 5.69 Å². The fraction of sp³-hybridized carbons (Fsp3) is 0.0909. The molecule has 5 nitrogen and oxygen atoms in total. The van der Waals surface area contributed by atoms with Crippen LogP contribution in [0.1, 0.15) is 10.5 Å². The number of nitrogens with two attached hydrogens (primary N) is 1. The van der Waals surface area contributed by atoms with Gasteiger partial charge in [-0.2, -0.15) is 0 Å². The van der Waals surface area contributed by atoms with Crippen molar-refractivity contribution in [2.75, 3.05) is 12.8 Å². The normalized spacial score (nSPS) is 10.2. The monoisotopic (exact) mass is 235 g/mol. The second-order valence-electron chi connectivity index (χ2n) is 3.32. The second-order valence-corrected chi connectivity index (χ2v) is 3.32. The van der Waals surface area contributed by atoms with Gasteiger partial charge in [0.2, 0.25) is 0 Å². The quantitative estimate of drug-likeness (QED) is 0.798. The number of rotatable bonds is 2. The first-order chi connectivity index (χ1) is 8.13. The van der Waals surface area contributed by atoms with Gasteiger partial charge in [0.25, 0.3) is 0 Å². The van der Waals surface area contributed by atoms with Crippen LogP contribution in [0.5, 0.6) is 0 Å². The van der Waals surface area contributed by atoms with E-state index >= 15 is 0 Å². The molecule has 0 fully saturated rings. The summed E-state index contributed by atoms with van der Waals surface area (Å²) in [5, 5.41) is 0. The third kappa shape index (κ3) is 1.96. The number of ether oxygens (including phenoxy) is 1. The number of nitrogens with zero attached hydrogens (tertiary/aromatic N) is 2. The van der Waals surface area contributed by atoms with Gasteiger partial charge in [0, 0.05) is 5.69 Å². The smallest absolute Gasteiger partial charge is 0.360 e. The van der Waals surface area contributed by atoms with Crippen LogP contribution >= 0.6 is 0 Å². The Balaban J connectivity index is 2.44. The molecule has 0 saturated heterocycles. The Morgan fingerprint density at radius 3 is 2.65 bits per heavy atom. The number of benzene rings is 1. The zero-order valence-corrected chi connectivity index (χ0v) is 9.05. The summed E-state index contributed by atoms with van der Waals surface area (Å²) in [7, 11) is 1.25. The predicted octanol–water partition coefficient (Wildman–Crippen LogP) is 1.38. The van der Waals surface area contributed by atoms with Crippen molar-refractivity contribution in [1.29, 1.82) is 0 Å². The van der Waals surface area contributed by atoms with Crippen molar-refractivity contribution in [3.05, 3.63) is 42.1 Å². The van der Waals surface area contributed by atoms with Crippen molar-refractivity contribution in [3.63, 3.8) is 0 Å². The molecule has 88 valence electrons. The van der Waals surface area contributed by atoms with Crippen molar-refractivity contribution in [1.82, 2.24) is 9.55 Å². The van der Waals surface area contributed by atoms with Crippen LogP contribution in [0.15, 0.2) is 30.6 Å². The van der Waals surface area contributed by atoms with Crippen molar-refractivity contribution >= 4 is 11.8 Å². The molecule has 0 bridgehead atoms. The van der Waals surface area contributed by atoms with E-state index in [9.17, 15) is 9.18 Å². The lowest BCUT2D eigenvalue weighted by Gasteiger charge is -2.04. The van der Waals surface area contributed by atoms with Crippen LogP contribution in [0.25, 0.3) is 5.69 Å².